The summed E-state index contributed by atoms with van der Waals surface area (Å²) >= 11 is 4.74. The van der Waals surface area contributed by atoms with E-state index in [-0.39, 0.29) is 17.1 Å². The molecule has 7 nitrogen and oxygen atoms in total. The maximum Gasteiger partial charge on any atom is 0.250 e. The largest absolute Gasteiger partial charge is 0.497 e. The Bertz CT molecular complexity index is 1460. The average Bonchev–Trinajstić information content (AvgIpc) is 3.36. The van der Waals surface area contributed by atoms with E-state index in [4.69, 9.17) is 4.74 Å². The van der Waals surface area contributed by atoms with Crippen molar-refractivity contribution in [2.24, 2.45) is 5.10 Å². The minimum Gasteiger partial charge on any atom is -0.497 e. The van der Waals surface area contributed by atoms with Crippen molar-refractivity contribution in [1.29, 1.82) is 0 Å². The van der Waals surface area contributed by atoms with Crippen LogP contribution in [-0.2, 0) is 10.2 Å². The van der Waals surface area contributed by atoms with Crippen LogP contribution >= 0.6 is 27.7 Å². The summed E-state index contributed by atoms with van der Waals surface area (Å²) in [6.45, 7) is 6.55. The third-order valence-corrected chi connectivity index (χ3v) is 7.15. The number of hydrogen-bond donors (Lipinski definition) is 1. The zero-order chi connectivity index (χ0) is 27.8. The first-order chi connectivity index (χ1) is 18.7. The normalized spacial score (nSPS) is 12.1. The number of carbonyl (C=O) groups excluding carboxylic acids is 1. The Morgan fingerprint density at radius 1 is 1.03 bits per heavy atom. The predicted octanol–water partition coefficient (Wildman–Crippen LogP) is 6.87. The molecule has 4 rings (SSSR count). The first-order valence-corrected chi connectivity index (χ1v) is 14.1. The third kappa shape index (κ3) is 7.68. The molecule has 0 bridgehead atoms. The van der Waals surface area contributed by atoms with Crippen LogP contribution in [0.25, 0.3) is 23.2 Å². The summed E-state index contributed by atoms with van der Waals surface area (Å²) in [7, 11) is 1.63. The Morgan fingerprint density at radius 3 is 2.36 bits per heavy atom. The van der Waals surface area contributed by atoms with Gasteiger partial charge in [0.15, 0.2) is 11.0 Å². The Balaban J connectivity index is 1.51. The molecule has 0 spiro atoms. The second kappa shape index (κ2) is 12.9. The van der Waals surface area contributed by atoms with Gasteiger partial charge in [-0.2, -0.15) is 5.10 Å². The number of hydrogen-bond acceptors (Lipinski definition) is 6. The summed E-state index contributed by atoms with van der Waals surface area (Å²) in [4.78, 5) is 12.5. The summed E-state index contributed by atoms with van der Waals surface area (Å²) in [5, 5.41) is 13.6. The third-order valence-electron chi connectivity index (χ3n) is 5.79. The highest BCUT2D eigenvalue weighted by Gasteiger charge is 2.19. The van der Waals surface area contributed by atoms with Gasteiger partial charge in [-0.15, -0.1) is 10.2 Å². The number of methoxy groups -OCH3 is 1. The highest BCUT2D eigenvalue weighted by atomic mass is 79.9. The Morgan fingerprint density at radius 2 is 1.72 bits per heavy atom. The number of aromatic nitrogens is 3. The van der Waals surface area contributed by atoms with Gasteiger partial charge < -0.3 is 4.74 Å². The van der Waals surface area contributed by atoms with Gasteiger partial charge in [-0.1, -0.05) is 87.1 Å². The molecule has 0 radical (unpaired) electrons. The summed E-state index contributed by atoms with van der Waals surface area (Å²) in [5.41, 5.74) is 6.68. The molecule has 3 aromatic carbocycles. The standard InChI is InChI=1S/C30H30BrN5O2S/c1-30(2,3)23-12-10-22(11-13-23)28-34-35-29(36(28)25-14-16-26(38-4)17-15-25)39-20-27(37)33-32-19-24(31)18-21-8-6-5-7-9-21/h5-19H,20H2,1-4H3,(H,33,37)/b24-18-,32-19+. The number of rotatable bonds is 9. The van der Waals surface area contributed by atoms with Crippen molar-refractivity contribution in [3.05, 3.63) is 94.5 Å². The lowest BCUT2D eigenvalue weighted by Crippen LogP contribution is -2.19. The first kappa shape index (κ1) is 28.3. The van der Waals surface area contributed by atoms with Crippen LogP contribution in [0.3, 0.4) is 0 Å². The molecule has 1 amide bonds. The van der Waals surface area contributed by atoms with E-state index in [1.807, 2.05) is 65.2 Å². The molecule has 1 N–H and O–H groups in total. The molecule has 1 aromatic heterocycles. The second-order valence-electron chi connectivity index (χ2n) is 9.69. The molecule has 0 saturated heterocycles. The van der Waals surface area contributed by atoms with Crippen molar-refractivity contribution in [1.82, 2.24) is 20.2 Å². The van der Waals surface area contributed by atoms with E-state index in [2.05, 4.69) is 81.7 Å². The molecule has 200 valence electrons. The van der Waals surface area contributed by atoms with Crippen LogP contribution in [0, 0.1) is 0 Å². The van der Waals surface area contributed by atoms with Gasteiger partial charge in [-0.05, 0) is 62.8 Å². The molecule has 0 aliphatic heterocycles. The topological polar surface area (TPSA) is 81.4 Å². The second-order valence-corrected chi connectivity index (χ2v) is 11.5. The van der Waals surface area contributed by atoms with Crippen molar-refractivity contribution < 1.29 is 9.53 Å². The van der Waals surface area contributed by atoms with Gasteiger partial charge in [0.05, 0.1) is 19.1 Å². The fourth-order valence-electron chi connectivity index (χ4n) is 3.71. The van der Waals surface area contributed by atoms with Gasteiger partial charge in [-0.25, -0.2) is 5.43 Å². The summed E-state index contributed by atoms with van der Waals surface area (Å²) in [6, 6.07) is 25.8. The Kier molecular flexibility index (Phi) is 9.37. The number of halogens is 1. The number of thioether (sulfide) groups is 1. The van der Waals surface area contributed by atoms with Crippen LogP contribution in [0.15, 0.2) is 93.6 Å². The number of amides is 1. The van der Waals surface area contributed by atoms with E-state index in [0.717, 1.165) is 27.0 Å². The lowest BCUT2D eigenvalue weighted by atomic mass is 9.87. The van der Waals surface area contributed by atoms with Crippen molar-refractivity contribution in [3.8, 4) is 22.8 Å². The highest BCUT2D eigenvalue weighted by Crippen LogP contribution is 2.30. The Labute approximate surface area is 241 Å². The van der Waals surface area contributed by atoms with Crippen LogP contribution < -0.4 is 10.2 Å². The quantitative estimate of drug-likeness (QED) is 0.128. The number of nitrogens with zero attached hydrogens (tertiary/aromatic N) is 4. The van der Waals surface area contributed by atoms with E-state index < -0.39 is 0 Å². The zero-order valence-corrected chi connectivity index (χ0v) is 24.7. The van der Waals surface area contributed by atoms with Gasteiger partial charge >= 0.3 is 0 Å². The maximum absolute atomic E-state index is 12.5. The number of benzene rings is 3. The average molecular weight is 605 g/mol. The number of nitrogens with one attached hydrogen (secondary N) is 1. The van der Waals surface area contributed by atoms with E-state index in [1.54, 1.807) is 13.3 Å². The molecule has 0 fully saturated rings. The lowest BCUT2D eigenvalue weighted by Gasteiger charge is -2.19. The van der Waals surface area contributed by atoms with Gasteiger partial charge in [-0.3, -0.25) is 9.36 Å². The zero-order valence-electron chi connectivity index (χ0n) is 22.3. The molecule has 0 aliphatic carbocycles. The van der Waals surface area contributed by atoms with Gasteiger partial charge in [0.25, 0.3) is 5.91 Å². The lowest BCUT2D eigenvalue weighted by molar-refractivity contribution is -0.118. The number of allylic oxidation sites excluding steroid dienone is 1. The molecule has 1 heterocycles. The van der Waals surface area contributed by atoms with Crippen molar-refractivity contribution in [2.45, 2.75) is 31.3 Å². The smallest absolute Gasteiger partial charge is 0.250 e. The van der Waals surface area contributed by atoms with Crippen molar-refractivity contribution in [3.63, 3.8) is 0 Å². The maximum atomic E-state index is 12.5. The Hall–Kier alpha value is -3.69. The molecular formula is C30H30BrN5O2S. The van der Waals surface area contributed by atoms with Gasteiger partial charge in [0, 0.05) is 15.7 Å². The number of ether oxygens (including phenoxy) is 1. The summed E-state index contributed by atoms with van der Waals surface area (Å²) < 4.78 is 8.01. The first-order valence-electron chi connectivity index (χ1n) is 12.3. The fraction of sp³-hybridized carbons (Fsp3) is 0.200. The molecule has 39 heavy (non-hydrogen) atoms. The van der Waals surface area contributed by atoms with Crippen LogP contribution in [0.2, 0.25) is 0 Å². The number of hydrazone groups is 1. The summed E-state index contributed by atoms with van der Waals surface area (Å²) in [6.07, 6.45) is 3.46. The minimum atomic E-state index is -0.253. The van der Waals surface area contributed by atoms with Crippen LogP contribution in [-0.4, -0.2) is 39.7 Å². The van der Waals surface area contributed by atoms with E-state index in [0.29, 0.717) is 11.0 Å². The van der Waals surface area contributed by atoms with Crippen molar-refractivity contribution in [2.75, 3.05) is 12.9 Å². The van der Waals surface area contributed by atoms with Crippen LogP contribution in [0.4, 0.5) is 0 Å². The SMILES string of the molecule is COc1ccc(-n2c(SCC(=O)N/N=C/C(Br)=C/c3ccccc3)nnc2-c2ccc(C(C)(C)C)cc2)cc1. The van der Waals surface area contributed by atoms with Crippen LogP contribution in [0.1, 0.15) is 31.9 Å². The summed E-state index contributed by atoms with van der Waals surface area (Å²) in [5.74, 6) is 1.31. The van der Waals surface area contributed by atoms with E-state index in [9.17, 15) is 4.79 Å². The van der Waals surface area contributed by atoms with Gasteiger partial charge in [0.2, 0.25) is 0 Å². The van der Waals surface area contributed by atoms with Gasteiger partial charge in [0.1, 0.15) is 5.75 Å². The number of carbonyl (C=O) groups is 1. The minimum absolute atomic E-state index is 0.0476. The molecule has 0 saturated carbocycles. The fourth-order valence-corrected chi connectivity index (χ4v) is 4.82. The molecule has 0 atom stereocenters. The highest BCUT2D eigenvalue weighted by molar-refractivity contribution is 9.12. The predicted molar refractivity (Wildman–Crippen MR) is 163 cm³/mol. The van der Waals surface area contributed by atoms with Crippen molar-refractivity contribution >= 4 is 45.9 Å². The molecular weight excluding hydrogens is 574 g/mol. The molecule has 0 unspecified atom stereocenters. The molecule has 9 heteroatoms. The van der Waals surface area contributed by atoms with E-state index in [1.165, 1.54) is 17.3 Å². The molecule has 4 aromatic rings. The van der Waals surface area contributed by atoms with E-state index >= 15 is 0 Å². The van der Waals surface area contributed by atoms with Crippen LogP contribution in [0.5, 0.6) is 5.75 Å². The molecule has 0 aliphatic rings. The monoisotopic (exact) mass is 603 g/mol.